The summed E-state index contributed by atoms with van der Waals surface area (Å²) in [7, 11) is 0. The highest BCUT2D eigenvalue weighted by Crippen LogP contribution is 2.23. The summed E-state index contributed by atoms with van der Waals surface area (Å²) in [5.74, 6) is -1.03. The average Bonchev–Trinajstić information content (AvgIpc) is 2.25. The Morgan fingerprint density at radius 3 is 2.44 bits per heavy atom. The predicted octanol–water partition coefficient (Wildman–Crippen LogP) is 1.11. The molecule has 1 aliphatic carbocycles. The highest BCUT2D eigenvalue weighted by Gasteiger charge is 2.35. The lowest BCUT2D eigenvalue weighted by Gasteiger charge is -2.36. The molecule has 6 nitrogen and oxygen atoms in total. The van der Waals surface area contributed by atoms with Crippen LogP contribution in [-0.2, 0) is 9.53 Å². The van der Waals surface area contributed by atoms with Crippen LogP contribution in [0.25, 0.3) is 0 Å². The van der Waals surface area contributed by atoms with Crippen molar-refractivity contribution in [2.75, 3.05) is 6.61 Å². The molecule has 1 fully saturated rings. The molecule has 0 aromatic heterocycles. The predicted molar refractivity (Wildman–Crippen MR) is 66.4 cm³/mol. The topological polar surface area (TPSA) is 87.7 Å². The fourth-order valence-corrected chi connectivity index (χ4v) is 1.82. The molecule has 3 N–H and O–H groups in total. The lowest BCUT2D eigenvalue weighted by molar-refractivity contribution is -0.143. The molecule has 0 bridgehead atoms. The largest absolute Gasteiger partial charge is 0.480 e. The number of hydrogen-bond acceptors (Lipinski definition) is 3. The molecule has 1 saturated carbocycles. The average molecular weight is 258 g/mol. The third-order valence-electron chi connectivity index (χ3n) is 3.40. The molecular formula is C12H22N2O4. The normalized spacial score (nSPS) is 25.7. The highest BCUT2D eigenvalue weighted by molar-refractivity contribution is 5.85. The van der Waals surface area contributed by atoms with Gasteiger partial charge >= 0.3 is 12.0 Å². The molecule has 1 atom stereocenters. The summed E-state index contributed by atoms with van der Waals surface area (Å²) >= 11 is 0. The van der Waals surface area contributed by atoms with E-state index in [2.05, 4.69) is 10.6 Å². The first-order valence-electron chi connectivity index (χ1n) is 6.35. The number of aliphatic carboxylic acids is 1. The Morgan fingerprint density at radius 2 is 2.00 bits per heavy atom. The van der Waals surface area contributed by atoms with Crippen molar-refractivity contribution in [1.29, 1.82) is 0 Å². The number of carboxylic acid groups (broad SMARTS) is 1. The third-order valence-corrected chi connectivity index (χ3v) is 3.40. The van der Waals surface area contributed by atoms with Crippen molar-refractivity contribution in [1.82, 2.24) is 10.6 Å². The van der Waals surface area contributed by atoms with E-state index in [0.29, 0.717) is 13.0 Å². The summed E-state index contributed by atoms with van der Waals surface area (Å²) in [5.41, 5.74) is -1.22. The first-order valence-corrected chi connectivity index (χ1v) is 6.35. The summed E-state index contributed by atoms with van der Waals surface area (Å²) in [4.78, 5) is 22.7. The lowest BCUT2D eigenvalue weighted by Crippen LogP contribution is -2.58. The lowest BCUT2D eigenvalue weighted by atomic mass is 9.89. The van der Waals surface area contributed by atoms with E-state index >= 15 is 0 Å². The maximum atomic E-state index is 11.7. The number of hydrogen-bond donors (Lipinski definition) is 3. The van der Waals surface area contributed by atoms with Crippen LogP contribution < -0.4 is 10.6 Å². The molecule has 2 amide bonds. The van der Waals surface area contributed by atoms with Gasteiger partial charge in [-0.1, -0.05) is 6.92 Å². The van der Waals surface area contributed by atoms with E-state index in [0.717, 1.165) is 12.8 Å². The molecular weight excluding hydrogens is 236 g/mol. The molecule has 6 heteroatoms. The number of amides is 2. The number of rotatable bonds is 6. The van der Waals surface area contributed by atoms with Gasteiger partial charge in [0.2, 0.25) is 0 Å². The maximum absolute atomic E-state index is 11.7. The minimum absolute atomic E-state index is 0.0800. The van der Waals surface area contributed by atoms with Crippen molar-refractivity contribution >= 4 is 12.0 Å². The van der Waals surface area contributed by atoms with E-state index in [1.54, 1.807) is 6.92 Å². The Bertz CT molecular complexity index is 315. The highest BCUT2D eigenvalue weighted by atomic mass is 16.5. The van der Waals surface area contributed by atoms with Gasteiger partial charge < -0.3 is 20.5 Å². The van der Waals surface area contributed by atoms with Crippen LogP contribution in [0.3, 0.4) is 0 Å². The first kappa shape index (κ1) is 14.8. The molecule has 0 aliphatic heterocycles. The van der Waals surface area contributed by atoms with Crippen molar-refractivity contribution in [3.8, 4) is 0 Å². The van der Waals surface area contributed by atoms with Crippen LogP contribution in [0.4, 0.5) is 4.79 Å². The van der Waals surface area contributed by atoms with Crippen LogP contribution in [0.2, 0.25) is 0 Å². The van der Waals surface area contributed by atoms with Gasteiger partial charge in [0.15, 0.2) is 0 Å². The van der Waals surface area contributed by atoms with Gasteiger partial charge in [0.25, 0.3) is 0 Å². The first-order chi connectivity index (χ1) is 8.41. The number of ether oxygens (including phenoxy) is 1. The molecule has 0 spiro atoms. The molecule has 1 aliphatic rings. The minimum Gasteiger partial charge on any atom is -0.480 e. The maximum Gasteiger partial charge on any atom is 0.329 e. The molecule has 0 heterocycles. The van der Waals surface area contributed by atoms with Gasteiger partial charge in [0.05, 0.1) is 6.10 Å². The Labute approximate surface area is 107 Å². The summed E-state index contributed by atoms with van der Waals surface area (Å²) in [6.45, 7) is 5.84. The Balaban J connectivity index is 2.32. The van der Waals surface area contributed by atoms with Gasteiger partial charge in [0.1, 0.15) is 5.54 Å². The molecule has 1 unspecified atom stereocenters. The zero-order valence-corrected chi connectivity index (χ0v) is 11.2. The van der Waals surface area contributed by atoms with Crippen LogP contribution in [0, 0.1) is 0 Å². The Morgan fingerprint density at radius 1 is 1.39 bits per heavy atom. The summed E-state index contributed by atoms with van der Waals surface area (Å²) in [6, 6.07) is -0.349. The number of carboxylic acids is 1. The summed E-state index contributed by atoms with van der Waals surface area (Å²) in [6.07, 6.45) is 2.13. The fraction of sp³-hybridized carbons (Fsp3) is 0.833. The standard InChI is InChI=1S/C12H22N2O4/c1-4-12(3,10(15)16)14-11(17)13-8-6-9(7-8)18-5-2/h8-9H,4-7H2,1-3H3,(H,15,16)(H2,13,14,17). The van der Waals surface area contributed by atoms with Crippen LogP contribution in [0.5, 0.6) is 0 Å². The number of carbonyl (C=O) groups excluding carboxylic acids is 1. The Hall–Kier alpha value is -1.30. The third kappa shape index (κ3) is 3.60. The van der Waals surface area contributed by atoms with Gasteiger partial charge in [-0.3, -0.25) is 0 Å². The van der Waals surface area contributed by atoms with Crippen molar-refractivity contribution < 1.29 is 19.4 Å². The summed E-state index contributed by atoms with van der Waals surface area (Å²) in [5, 5.41) is 14.3. The zero-order valence-electron chi connectivity index (χ0n) is 11.2. The van der Waals surface area contributed by atoms with Crippen LogP contribution >= 0.6 is 0 Å². The van der Waals surface area contributed by atoms with E-state index < -0.39 is 17.5 Å². The number of nitrogens with one attached hydrogen (secondary N) is 2. The monoisotopic (exact) mass is 258 g/mol. The SMILES string of the molecule is CCOC1CC(NC(=O)NC(C)(CC)C(=O)O)C1. The van der Waals surface area contributed by atoms with Gasteiger partial charge in [-0.25, -0.2) is 9.59 Å². The second-order valence-corrected chi connectivity index (χ2v) is 4.83. The van der Waals surface area contributed by atoms with E-state index in [1.165, 1.54) is 6.92 Å². The van der Waals surface area contributed by atoms with E-state index in [1.807, 2.05) is 6.92 Å². The van der Waals surface area contributed by atoms with Crippen molar-refractivity contribution in [3.05, 3.63) is 0 Å². The zero-order chi connectivity index (χ0) is 13.8. The Kier molecular flexibility index (Phi) is 4.95. The smallest absolute Gasteiger partial charge is 0.329 e. The van der Waals surface area contributed by atoms with Gasteiger partial charge in [-0.05, 0) is 33.1 Å². The van der Waals surface area contributed by atoms with Crippen LogP contribution in [0.15, 0.2) is 0 Å². The van der Waals surface area contributed by atoms with Gasteiger partial charge in [-0.2, -0.15) is 0 Å². The molecule has 1 rings (SSSR count). The second-order valence-electron chi connectivity index (χ2n) is 4.83. The van der Waals surface area contributed by atoms with Crippen molar-refractivity contribution in [3.63, 3.8) is 0 Å². The van der Waals surface area contributed by atoms with Crippen molar-refractivity contribution in [2.45, 2.75) is 57.7 Å². The van der Waals surface area contributed by atoms with Crippen molar-refractivity contribution in [2.24, 2.45) is 0 Å². The molecule has 0 radical (unpaired) electrons. The van der Waals surface area contributed by atoms with Crippen LogP contribution in [-0.4, -0.2) is 41.4 Å². The molecule has 0 aromatic carbocycles. The molecule has 18 heavy (non-hydrogen) atoms. The van der Waals surface area contributed by atoms with Crippen LogP contribution in [0.1, 0.15) is 40.0 Å². The minimum atomic E-state index is -1.22. The van der Waals surface area contributed by atoms with Gasteiger partial charge in [0, 0.05) is 12.6 Å². The second kappa shape index (κ2) is 6.04. The summed E-state index contributed by atoms with van der Waals surface area (Å²) < 4.78 is 5.38. The fourth-order valence-electron chi connectivity index (χ4n) is 1.82. The van der Waals surface area contributed by atoms with E-state index in [4.69, 9.17) is 9.84 Å². The van der Waals surface area contributed by atoms with Gasteiger partial charge in [-0.15, -0.1) is 0 Å². The molecule has 104 valence electrons. The molecule has 0 saturated heterocycles. The molecule has 0 aromatic rings. The number of carbonyl (C=O) groups is 2. The van der Waals surface area contributed by atoms with E-state index in [-0.39, 0.29) is 12.1 Å². The quantitative estimate of drug-likeness (QED) is 0.666. The van der Waals surface area contributed by atoms with E-state index in [9.17, 15) is 9.59 Å². The number of urea groups is 1.